The van der Waals surface area contributed by atoms with Crippen molar-refractivity contribution in [1.29, 1.82) is 0 Å². The molecule has 1 saturated carbocycles. The fraction of sp³-hybridized carbons (Fsp3) is 0.333. The zero-order valence-electron chi connectivity index (χ0n) is 15.4. The van der Waals surface area contributed by atoms with Gasteiger partial charge < -0.3 is 20.3 Å². The van der Waals surface area contributed by atoms with Crippen molar-refractivity contribution in [3.8, 4) is 0 Å². The highest BCUT2D eigenvalue weighted by molar-refractivity contribution is 6.04. The number of benzene rings is 2. The minimum atomic E-state index is -0.489. The van der Waals surface area contributed by atoms with E-state index in [0.717, 1.165) is 24.5 Å². The molecule has 1 aliphatic heterocycles. The Bertz CT molecular complexity index is 883. The molecule has 2 amide bonds. The lowest BCUT2D eigenvalue weighted by Gasteiger charge is -2.30. The van der Waals surface area contributed by atoms with Gasteiger partial charge in [-0.3, -0.25) is 9.59 Å². The quantitative estimate of drug-likeness (QED) is 0.833. The number of nitrogens with one attached hydrogen (secondary N) is 2. The van der Waals surface area contributed by atoms with Gasteiger partial charge in [-0.1, -0.05) is 24.3 Å². The second-order valence-electron chi connectivity index (χ2n) is 7.02. The van der Waals surface area contributed by atoms with Gasteiger partial charge >= 0.3 is 0 Å². The predicted molar refractivity (Wildman–Crippen MR) is 105 cm³/mol. The number of amides is 2. The smallest absolute Gasteiger partial charge is 0.228 e. The second kappa shape index (κ2) is 7.98. The average molecular weight is 383 g/mol. The first-order valence-electron chi connectivity index (χ1n) is 9.41. The normalized spacial score (nSPS) is 21.1. The number of carbonyl (C=O) groups is 2. The third-order valence-electron chi connectivity index (χ3n) is 5.11. The lowest BCUT2D eigenvalue weighted by molar-refractivity contribution is -0.122. The molecule has 1 saturated heterocycles. The van der Waals surface area contributed by atoms with E-state index in [-0.39, 0.29) is 17.5 Å². The summed E-state index contributed by atoms with van der Waals surface area (Å²) in [5, 5.41) is 5.52. The molecule has 2 aliphatic rings. The maximum Gasteiger partial charge on any atom is 0.228 e. The lowest BCUT2D eigenvalue weighted by Crippen LogP contribution is -2.36. The number of para-hydroxylation sites is 3. The molecule has 2 fully saturated rings. The van der Waals surface area contributed by atoms with Crippen LogP contribution in [-0.2, 0) is 14.3 Å². The van der Waals surface area contributed by atoms with Gasteiger partial charge in [-0.2, -0.15) is 0 Å². The molecule has 2 atom stereocenters. The molecule has 1 aliphatic carbocycles. The average Bonchev–Trinajstić information content (AvgIpc) is 3.52. The molecule has 4 rings (SSSR count). The van der Waals surface area contributed by atoms with Gasteiger partial charge in [0, 0.05) is 13.1 Å². The standard InChI is InChI=1S/C21H22FN3O3/c22-16-5-1-2-6-17(16)23-20(26)14-13-15(14)21(27)24-18-7-3-4-8-19(18)25-9-11-28-12-10-25/h1-8,14-15H,9-13H2,(H,23,26)(H,24,27). The van der Waals surface area contributed by atoms with Gasteiger partial charge in [0.2, 0.25) is 11.8 Å². The molecule has 2 unspecified atom stereocenters. The Morgan fingerprint density at radius 2 is 1.46 bits per heavy atom. The summed E-state index contributed by atoms with van der Waals surface area (Å²) in [4.78, 5) is 27.1. The summed E-state index contributed by atoms with van der Waals surface area (Å²) in [5.41, 5.74) is 1.82. The molecule has 28 heavy (non-hydrogen) atoms. The van der Waals surface area contributed by atoms with E-state index in [1.54, 1.807) is 12.1 Å². The van der Waals surface area contributed by atoms with Crippen molar-refractivity contribution in [3.05, 3.63) is 54.3 Å². The first-order valence-corrected chi connectivity index (χ1v) is 9.41. The number of rotatable bonds is 5. The number of halogens is 1. The van der Waals surface area contributed by atoms with Gasteiger partial charge in [0.25, 0.3) is 0 Å². The van der Waals surface area contributed by atoms with Crippen LogP contribution in [0, 0.1) is 17.7 Å². The highest BCUT2D eigenvalue weighted by atomic mass is 19.1. The molecule has 2 aromatic carbocycles. The van der Waals surface area contributed by atoms with E-state index in [9.17, 15) is 14.0 Å². The largest absolute Gasteiger partial charge is 0.378 e. The maximum absolute atomic E-state index is 13.7. The van der Waals surface area contributed by atoms with Crippen molar-refractivity contribution in [2.24, 2.45) is 11.8 Å². The zero-order valence-corrected chi connectivity index (χ0v) is 15.4. The van der Waals surface area contributed by atoms with E-state index < -0.39 is 17.7 Å². The van der Waals surface area contributed by atoms with E-state index in [2.05, 4.69) is 15.5 Å². The predicted octanol–water partition coefficient (Wildman–Crippen LogP) is 2.88. The molecular weight excluding hydrogens is 361 g/mol. The van der Waals surface area contributed by atoms with Gasteiger partial charge in [-0.15, -0.1) is 0 Å². The van der Waals surface area contributed by atoms with Crippen LogP contribution in [0.5, 0.6) is 0 Å². The number of morpholine rings is 1. The zero-order chi connectivity index (χ0) is 19.5. The molecule has 1 heterocycles. The van der Waals surface area contributed by atoms with E-state index in [4.69, 9.17) is 4.74 Å². The summed E-state index contributed by atoms with van der Waals surface area (Å²) in [6.45, 7) is 2.85. The van der Waals surface area contributed by atoms with E-state index >= 15 is 0 Å². The summed E-state index contributed by atoms with van der Waals surface area (Å²) in [6, 6.07) is 13.6. The number of carbonyl (C=O) groups excluding carboxylic acids is 2. The first kappa shape index (κ1) is 18.4. The molecule has 2 N–H and O–H groups in total. The lowest BCUT2D eigenvalue weighted by atomic mass is 10.2. The Hall–Kier alpha value is -2.93. The number of ether oxygens (including phenoxy) is 1. The molecule has 0 spiro atoms. The fourth-order valence-electron chi connectivity index (χ4n) is 3.45. The van der Waals surface area contributed by atoms with Gasteiger partial charge in [0.15, 0.2) is 0 Å². The van der Waals surface area contributed by atoms with Crippen molar-refractivity contribution < 1.29 is 18.7 Å². The number of anilines is 3. The molecule has 7 heteroatoms. The number of hydrogen-bond donors (Lipinski definition) is 2. The van der Waals surface area contributed by atoms with Gasteiger partial charge in [-0.05, 0) is 30.7 Å². The van der Waals surface area contributed by atoms with Crippen LogP contribution in [0.2, 0.25) is 0 Å². The Labute approximate surface area is 162 Å². The van der Waals surface area contributed by atoms with E-state index in [1.165, 1.54) is 12.1 Å². The molecule has 146 valence electrons. The fourth-order valence-corrected chi connectivity index (χ4v) is 3.45. The van der Waals surface area contributed by atoms with Crippen molar-refractivity contribution in [2.45, 2.75) is 6.42 Å². The molecule has 0 bridgehead atoms. The van der Waals surface area contributed by atoms with Crippen LogP contribution in [0.25, 0.3) is 0 Å². The summed E-state index contributed by atoms with van der Waals surface area (Å²) in [5.74, 6) is -1.84. The summed E-state index contributed by atoms with van der Waals surface area (Å²) in [6.07, 6.45) is 0.464. The van der Waals surface area contributed by atoms with Crippen molar-refractivity contribution in [3.63, 3.8) is 0 Å². The van der Waals surface area contributed by atoms with Crippen LogP contribution in [0.1, 0.15) is 6.42 Å². The van der Waals surface area contributed by atoms with Crippen LogP contribution in [0.15, 0.2) is 48.5 Å². The Morgan fingerprint density at radius 1 is 0.893 bits per heavy atom. The highest BCUT2D eigenvalue weighted by Gasteiger charge is 2.48. The van der Waals surface area contributed by atoms with Gasteiger partial charge in [-0.25, -0.2) is 4.39 Å². The monoisotopic (exact) mass is 383 g/mol. The van der Waals surface area contributed by atoms with E-state index in [0.29, 0.717) is 19.6 Å². The highest BCUT2D eigenvalue weighted by Crippen LogP contribution is 2.41. The van der Waals surface area contributed by atoms with Crippen molar-refractivity contribution >= 4 is 28.9 Å². The minimum Gasteiger partial charge on any atom is -0.378 e. The van der Waals surface area contributed by atoms with Crippen LogP contribution in [-0.4, -0.2) is 38.1 Å². The molecule has 0 aromatic heterocycles. The third kappa shape index (κ3) is 3.99. The number of hydrogen-bond acceptors (Lipinski definition) is 4. The summed E-state index contributed by atoms with van der Waals surface area (Å²) < 4.78 is 19.1. The number of nitrogens with zero attached hydrogens (tertiary/aromatic N) is 1. The Balaban J connectivity index is 1.38. The molecule has 6 nitrogen and oxygen atoms in total. The van der Waals surface area contributed by atoms with Crippen molar-refractivity contribution in [2.75, 3.05) is 41.8 Å². The van der Waals surface area contributed by atoms with E-state index in [1.807, 2.05) is 24.3 Å². The van der Waals surface area contributed by atoms with Crippen molar-refractivity contribution in [1.82, 2.24) is 0 Å². The Morgan fingerprint density at radius 3 is 2.14 bits per heavy atom. The van der Waals surface area contributed by atoms with Gasteiger partial charge in [0.1, 0.15) is 5.82 Å². The van der Waals surface area contributed by atoms with Crippen LogP contribution in [0.4, 0.5) is 21.5 Å². The second-order valence-corrected chi connectivity index (χ2v) is 7.02. The topological polar surface area (TPSA) is 70.7 Å². The SMILES string of the molecule is O=C(Nc1ccccc1F)C1CC1C(=O)Nc1ccccc1N1CCOCC1. The summed E-state index contributed by atoms with van der Waals surface area (Å²) >= 11 is 0. The summed E-state index contributed by atoms with van der Waals surface area (Å²) in [7, 11) is 0. The van der Waals surface area contributed by atoms with Crippen LogP contribution in [0.3, 0.4) is 0 Å². The Kier molecular flexibility index (Phi) is 5.25. The first-order chi connectivity index (χ1) is 13.6. The van der Waals surface area contributed by atoms with Crippen LogP contribution >= 0.6 is 0 Å². The molecular formula is C21H22FN3O3. The molecule has 0 radical (unpaired) electrons. The minimum absolute atomic E-state index is 0.135. The maximum atomic E-state index is 13.7. The third-order valence-corrected chi connectivity index (χ3v) is 5.11. The van der Waals surface area contributed by atoms with Crippen LogP contribution < -0.4 is 15.5 Å². The van der Waals surface area contributed by atoms with Gasteiger partial charge in [0.05, 0.1) is 42.1 Å². The molecule has 2 aromatic rings.